The van der Waals surface area contributed by atoms with Crippen LogP contribution in [0.4, 0.5) is 10.2 Å². The zero-order chi connectivity index (χ0) is 17.8. The third kappa shape index (κ3) is 4.10. The number of hydrogen-bond acceptors (Lipinski definition) is 5. The van der Waals surface area contributed by atoms with Crippen LogP contribution in [0, 0.1) is 24.1 Å². The number of anilines is 1. The molecule has 1 aliphatic heterocycles. The second-order valence-corrected chi connectivity index (χ2v) is 6.15. The molecule has 1 fully saturated rings. The number of amides is 1. The Morgan fingerprint density at radius 1 is 1.40 bits per heavy atom. The van der Waals surface area contributed by atoms with Crippen molar-refractivity contribution in [2.45, 2.75) is 25.8 Å². The average Bonchev–Trinajstić information content (AvgIpc) is 3.06. The number of nitriles is 1. The van der Waals surface area contributed by atoms with Gasteiger partial charge < -0.3 is 10.2 Å². The van der Waals surface area contributed by atoms with Gasteiger partial charge >= 0.3 is 0 Å². The minimum Gasteiger partial charge on any atom is -0.353 e. The molecule has 3 rings (SSSR count). The van der Waals surface area contributed by atoms with Gasteiger partial charge in [0, 0.05) is 19.1 Å². The number of rotatable bonds is 4. The van der Waals surface area contributed by atoms with Crippen molar-refractivity contribution >= 4 is 11.7 Å². The molecule has 0 unspecified atom stereocenters. The van der Waals surface area contributed by atoms with E-state index in [1.807, 2.05) is 11.0 Å². The molecule has 1 saturated heterocycles. The second-order valence-electron chi connectivity index (χ2n) is 6.15. The minimum atomic E-state index is -0.295. The third-order valence-corrected chi connectivity index (χ3v) is 4.24. The summed E-state index contributed by atoms with van der Waals surface area (Å²) in [6.07, 6.45) is 0.958. The van der Waals surface area contributed by atoms with Crippen molar-refractivity contribution < 1.29 is 9.18 Å². The van der Waals surface area contributed by atoms with Gasteiger partial charge in [-0.15, -0.1) is 10.2 Å². The van der Waals surface area contributed by atoms with Crippen LogP contribution in [-0.2, 0) is 11.2 Å². The highest BCUT2D eigenvalue weighted by molar-refractivity contribution is 5.79. The van der Waals surface area contributed by atoms with E-state index < -0.39 is 0 Å². The van der Waals surface area contributed by atoms with Gasteiger partial charge in [-0.3, -0.25) is 4.79 Å². The van der Waals surface area contributed by atoms with E-state index in [0.29, 0.717) is 23.5 Å². The monoisotopic (exact) mass is 339 g/mol. The molecule has 0 aliphatic carbocycles. The summed E-state index contributed by atoms with van der Waals surface area (Å²) in [7, 11) is 0. The molecule has 6 nitrogen and oxygen atoms in total. The first-order chi connectivity index (χ1) is 12.0. The first kappa shape index (κ1) is 16.8. The Labute approximate surface area is 145 Å². The number of benzene rings is 1. The van der Waals surface area contributed by atoms with E-state index >= 15 is 0 Å². The normalized spacial score (nSPS) is 16.5. The summed E-state index contributed by atoms with van der Waals surface area (Å²) < 4.78 is 13.6. The molecular weight excluding hydrogens is 321 g/mol. The minimum absolute atomic E-state index is 0.0141. The van der Waals surface area contributed by atoms with Crippen LogP contribution >= 0.6 is 0 Å². The summed E-state index contributed by atoms with van der Waals surface area (Å²) in [5, 5.41) is 19.6. The van der Waals surface area contributed by atoms with Crippen molar-refractivity contribution in [1.82, 2.24) is 15.5 Å². The maximum Gasteiger partial charge on any atom is 0.224 e. The molecule has 0 spiro atoms. The van der Waals surface area contributed by atoms with Crippen molar-refractivity contribution in [3.63, 3.8) is 0 Å². The molecule has 0 saturated carbocycles. The lowest BCUT2D eigenvalue weighted by Gasteiger charge is -2.17. The van der Waals surface area contributed by atoms with Gasteiger partial charge in [-0.25, -0.2) is 4.39 Å². The lowest BCUT2D eigenvalue weighted by molar-refractivity contribution is -0.121. The van der Waals surface area contributed by atoms with E-state index in [-0.39, 0.29) is 29.9 Å². The van der Waals surface area contributed by atoms with Crippen molar-refractivity contribution in [2.75, 3.05) is 18.0 Å². The van der Waals surface area contributed by atoms with Crippen LogP contribution in [0.5, 0.6) is 0 Å². The lowest BCUT2D eigenvalue weighted by Crippen LogP contribution is -2.38. The highest BCUT2D eigenvalue weighted by Crippen LogP contribution is 2.17. The van der Waals surface area contributed by atoms with Crippen LogP contribution < -0.4 is 10.2 Å². The molecule has 128 valence electrons. The smallest absolute Gasteiger partial charge is 0.224 e. The van der Waals surface area contributed by atoms with Crippen LogP contribution in [0.3, 0.4) is 0 Å². The van der Waals surface area contributed by atoms with Crippen LogP contribution in [0.15, 0.2) is 30.3 Å². The molecule has 1 atom stereocenters. The number of hydrogen-bond donors (Lipinski definition) is 1. The van der Waals surface area contributed by atoms with Gasteiger partial charge in [0.1, 0.15) is 11.9 Å². The van der Waals surface area contributed by atoms with E-state index in [9.17, 15) is 9.18 Å². The summed E-state index contributed by atoms with van der Waals surface area (Å²) in [6.45, 7) is 3.08. The van der Waals surface area contributed by atoms with Crippen LogP contribution in [0.1, 0.15) is 23.2 Å². The Kier molecular flexibility index (Phi) is 4.89. The summed E-state index contributed by atoms with van der Waals surface area (Å²) in [4.78, 5) is 14.2. The number of aryl methyl sites for hydroxylation is 1. The fourth-order valence-electron chi connectivity index (χ4n) is 2.85. The van der Waals surface area contributed by atoms with E-state index in [0.717, 1.165) is 13.0 Å². The SMILES string of the molecule is Cc1ccc(CC(=O)N[C@H]2CCN(c3ccc(C#N)nn3)C2)cc1F. The summed E-state index contributed by atoms with van der Waals surface area (Å²) in [6, 6.07) is 10.2. The Morgan fingerprint density at radius 2 is 2.24 bits per heavy atom. The fraction of sp³-hybridized carbons (Fsp3) is 0.333. The van der Waals surface area contributed by atoms with Crippen molar-refractivity contribution in [1.29, 1.82) is 5.26 Å². The molecule has 25 heavy (non-hydrogen) atoms. The first-order valence-corrected chi connectivity index (χ1v) is 8.08. The highest BCUT2D eigenvalue weighted by atomic mass is 19.1. The molecule has 1 aliphatic rings. The van der Waals surface area contributed by atoms with Gasteiger partial charge in [0.15, 0.2) is 11.5 Å². The van der Waals surface area contributed by atoms with Gasteiger partial charge in [-0.2, -0.15) is 5.26 Å². The standard InChI is InChI=1S/C18H18FN5O/c1-12-2-3-13(8-16(12)19)9-18(25)21-15-6-7-24(11-15)17-5-4-14(10-20)22-23-17/h2-5,8,15H,6-7,9,11H2,1H3,(H,21,25)/t15-/m0/s1. The van der Waals surface area contributed by atoms with Gasteiger partial charge in [-0.1, -0.05) is 12.1 Å². The maximum atomic E-state index is 13.6. The molecule has 7 heteroatoms. The highest BCUT2D eigenvalue weighted by Gasteiger charge is 2.25. The molecule has 0 bridgehead atoms. The Morgan fingerprint density at radius 3 is 2.92 bits per heavy atom. The van der Waals surface area contributed by atoms with Gasteiger partial charge in [0.25, 0.3) is 0 Å². The van der Waals surface area contributed by atoms with Crippen LogP contribution in [0.25, 0.3) is 0 Å². The molecule has 2 aromatic rings. The molecule has 0 radical (unpaired) electrons. The maximum absolute atomic E-state index is 13.6. The van der Waals surface area contributed by atoms with Gasteiger partial charge in [0.05, 0.1) is 6.42 Å². The number of carbonyl (C=O) groups is 1. The van der Waals surface area contributed by atoms with E-state index in [2.05, 4.69) is 15.5 Å². The van der Waals surface area contributed by atoms with E-state index in [1.54, 1.807) is 31.2 Å². The number of carbonyl (C=O) groups excluding carboxylic acids is 1. The van der Waals surface area contributed by atoms with Crippen molar-refractivity contribution in [3.8, 4) is 6.07 Å². The van der Waals surface area contributed by atoms with Crippen LogP contribution in [-0.4, -0.2) is 35.2 Å². The summed E-state index contributed by atoms with van der Waals surface area (Å²) >= 11 is 0. The van der Waals surface area contributed by atoms with E-state index in [1.165, 1.54) is 6.07 Å². The van der Waals surface area contributed by atoms with Crippen molar-refractivity contribution in [2.24, 2.45) is 0 Å². The Bertz CT molecular complexity index is 815. The summed E-state index contributed by atoms with van der Waals surface area (Å²) in [5.74, 6) is 0.272. The van der Waals surface area contributed by atoms with Crippen LogP contribution in [0.2, 0.25) is 0 Å². The first-order valence-electron chi connectivity index (χ1n) is 8.08. The average molecular weight is 339 g/mol. The quantitative estimate of drug-likeness (QED) is 0.917. The molecule has 2 heterocycles. The molecule has 1 amide bonds. The predicted octanol–water partition coefficient (Wildman–Crippen LogP) is 1.73. The number of nitrogens with zero attached hydrogens (tertiary/aromatic N) is 4. The Balaban J connectivity index is 1.54. The topological polar surface area (TPSA) is 81.9 Å². The number of aromatic nitrogens is 2. The number of nitrogens with one attached hydrogen (secondary N) is 1. The summed E-state index contributed by atoms with van der Waals surface area (Å²) in [5.41, 5.74) is 1.51. The number of halogens is 1. The lowest BCUT2D eigenvalue weighted by atomic mass is 10.1. The fourth-order valence-corrected chi connectivity index (χ4v) is 2.85. The van der Waals surface area contributed by atoms with E-state index in [4.69, 9.17) is 5.26 Å². The third-order valence-electron chi connectivity index (χ3n) is 4.24. The second kappa shape index (κ2) is 7.26. The van der Waals surface area contributed by atoms with Gasteiger partial charge in [0.2, 0.25) is 5.91 Å². The largest absolute Gasteiger partial charge is 0.353 e. The molecule has 1 N–H and O–H groups in total. The molecular formula is C18H18FN5O. The predicted molar refractivity (Wildman–Crippen MR) is 90.3 cm³/mol. The molecule has 1 aromatic carbocycles. The van der Waals surface area contributed by atoms with Crippen molar-refractivity contribution in [3.05, 3.63) is 53.0 Å². The zero-order valence-electron chi connectivity index (χ0n) is 13.9. The zero-order valence-corrected chi connectivity index (χ0v) is 13.9. The Hall–Kier alpha value is -3.01. The molecule has 1 aromatic heterocycles. The van der Waals surface area contributed by atoms with Gasteiger partial charge in [-0.05, 0) is 42.7 Å².